The standard InChI is InChI=1S/C9H14N2O2/c1-7(2)3-4-10-9(12)8-5-11-13-6-8/h5-7H,3-4H2,1-2H3,(H,10,12). The van der Waals surface area contributed by atoms with Crippen LogP contribution < -0.4 is 5.32 Å². The fraction of sp³-hybridized carbons (Fsp3) is 0.556. The highest BCUT2D eigenvalue weighted by Gasteiger charge is 2.06. The molecule has 0 aromatic carbocycles. The maximum atomic E-state index is 11.3. The van der Waals surface area contributed by atoms with Gasteiger partial charge >= 0.3 is 0 Å². The molecule has 0 radical (unpaired) electrons. The van der Waals surface area contributed by atoms with Gasteiger partial charge in [-0.1, -0.05) is 19.0 Å². The molecule has 0 fully saturated rings. The summed E-state index contributed by atoms with van der Waals surface area (Å²) in [6.45, 7) is 4.93. The van der Waals surface area contributed by atoms with E-state index in [-0.39, 0.29) is 5.91 Å². The first-order valence-corrected chi connectivity index (χ1v) is 4.37. The van der Waals surface area contributed by atoms with Crippen LogP contribution in [0.4, 0.5) is 0 Å². The number of carbonyl (C=O) groups excluding carboxylic acids is 1. The molecule has 0 aliphatic rings. The number of hydrogen-bond donors (Lipinski definition) is 1. The molecule has 1 aromatic rings. The van der Waals surface area contributed by atoms with E-state index in [9.17, 15) is 4.79 Å². The summed E-state index contributed by atoms with van der Waals surface area (Å²) in [7, 11) is 0. The maximum absolute atomic E-state index is 11.3. The van der Waals surface area contributed by atoms with Crippen molar-refractivity contribution < 1.29 is 9.32 Å². The number of nitrogens with zero attached hydrogens (tertiary/aromatic N) is 1. The zero-order valence-electron chi connectivity index (χ0n) is 7.91. The molecule has 1 N–H and O–H groups in total. The van der Waals surface area contributed by atoms with E-state index in [1.165, 1.54) is 12.5 Å². The van der Waals surface area contributed by atoms with Crippen LogP contribution in [-0.4, -0.2) is 17.6 Å². The summed E-state index contributed by atoms with van der Waals surface area (Å²) in [6.07, 6.45) is 3.73. The Labute approximate surface area is 77.3 Å². The molecule has 0 aliphatic heterocycles. The van der Waals surface area contributed by atoms with Crippen LogP contribution >= 0.6 is 0 Å². The molecule has 72 valence electrons. The summed E-state index contributed by atoms with van der Waals surface area (Å²) < 4.78 is 4.55. The van der Waals surface area contributed by atoms with Crippen LogP contribution in [0.15, 0.2) is 17.0 Å². The van der Waals surface area contributed by atoms with E-state index >= 15 is 0 Å². The van der Waals surface area contributed by atoms with Gasteiger partial charge in [0.25, 0.3) is 5.91 Å². The van der Waals surface area contributed by atoms with Gasteiger partial charge in [-0.05, 0) is 12.3 Å². The van der Waals surface area contributed by atoms with Crippen molar-refractivity contribution in [1.82, 2.24) is 10.5 Å². The van der Waals surface area contributed by atoms with Gasteiger partial charge in [-0.15, -0.1) is 0 Å². The second-order valence-electron chi connectivity index (χ2n) is 3.35. The third kappa shape index (κ3) is 3.27. The van der Waals surface area contributed by atoms with Crippen molar-refractivity contribution in [2.24, 2.45) is 5.92 Å². The highest BCUT2D eigenvalue weighted by Crippen LogP contribution is 1.99. The lowest BCUT2D eigenvalue weighted by Gasteiger charge is -2.04. The largest absolute Gasteiger partial charge is 0.364 e. The fourth-order valence-electron chi connectivity index (χ4n) is 0.893. The van der Waals surface area contributed by atoms with Crippen LogP contribution in [0.25, 0.3) is 0 Å². The van der Waals surface area contributed by atoms with Gasteiger partial charge in [0.05, 0.1) is 11.8 Å². The Balaban J connectivity index is 2.27. The smallest absolute Gasteiger partial charge is 0.256 e. The Morgan fingerprint density at radius 2 is 2.46 bits per heavy atom. The molecule has 1 heterocycles. The number of carbonyl (C=O) groups is 1. The van der Waals surface area contributed by atoms with Gasteiger partial charge in [0, 0.05) is 6.54 Å². The van der Waals surface area contributed by atoms with Crippen LogP contribution in [0.1, 0.15) is 30.6 Å². The molecule has 4 heteroatoms. The second kappa shape index (κ2) is 4.64. The molecule has 13 heavy (non-hydrogen) atoms. The first-order valence-electron chi connectivity index (χ1n) is 4.37. The summed E-state index contributed by atoms with van der Waals surface area (Å²) in [5.74, 6) is 0.477. The molecule has 0 bridgehead atoms. The zero-order valence-corrected chi connectivity index (χ0v) is 7.91. The van der Waals surface area contributed by atoms with Crippen molar-refractivity contribution in [2.75, 3.05) is 6.54 Å². The Hall–Kier alpha value is -1.32. The van der Waals surface area contributed by atoms with E-state index in [2.05, 4.69) is 28.8 Å². The van der Waals surface area contributed by atoms with Gasteiger partial charge in [-0.25, -0.2) is 0 Å². The third-order valence-electron chi connectivity index (χ3n) is 1.70. The molecule has 0 saturated heterocycles. The van der Waals surface area contributed by atoms with Crippen molar-refractivity contribution >= 4 is 5.91 Å². The molecule has 1 aromatic heterocycles. The molecule has 0 aliphatic carbocycles. The summed E-state index contributed by atoms with van der Waals surface area (Å²) in [6, 6.07) is 0. The van der Waals surface area contributed by atoms with Crippen LogP contribution in [0.5, 0.6) is 0 Å². The van der Waals surface area contributed by atoms with E-state index in [0.29, 0.717) is 18.0 Å². The number of nitrogens with one attached hydrogen (secondary N) is 1. The minimum absolute atomic E-state index is 0.123. The van der Waals surface area contributed by atoms with Crippen LogP contribution in [0.3, 0.4) is 0 Å². The Bertz CT molecular complexity index is 255. The molecule has 1 rings (SSSR count). The van der Waals surface area contributed by atoms with Crippen molar-refractivity contribution in [3.05, 3.63) is 18.0 Å². The normalized spacial score (nSPS) is 10.4. The van der Waals surface area contributed by atoms with Crippen molar-refractivity contribution in [3.8, 4) is 0 Å². The van der Waals surface area contributed by atoms with E-state index in [1.54, 1.807) is 0 Å². The molecule has 0 unspecified atom stereocenters. The summed E-state index contributed by atoms with van der Waals surface area (Å²) >= 11 is 0. The third-order valence-corrected chi connectivity index (χ3v) is 1.70. The van der Waals surface area contributed by atoms with Gasteiger partial charge < -0.3 is 9.84 Å². The summed E-state index contributed by atoms with van der Waals surface area (Å²) in [4.78, 5) is 11.3. The topological polar surface area (TPSA) is 55.1 Å². The van der Waals surface area contributed by atoms with Crippen molar-refractivity contribution in [2.45, 2.75) is 20.3 Å². The second-order valence-corrected chi connectivity index (χ2v) is 3.35. The molecular formula is C9H14N2O2. The minimum atomic E-state index is -0.123. The molecule has 0 spiro atoms. The van der Waals surface area contributed by atoms with Gasteiger partial charge in [0.1, 0.15) is 6.26 Å². The predicted octanol–water partition coefficient (Wildman–Crippen LogP) is 1.45. The fourth-order valence-corrected chi connectivity index (χ4v) is 0.893. The van der Waals surface area contributed by atoms with E-state index < -0.39 is 0 Å². The summed E-state index contributed by atoms with van der Waals surface area (Å²) in [5.41, 5.74) is 0.476. The monoisotopic (exact) mass is 182 g/mol. The van der Waals surface area contributed by atoms with Gasteiger partial charge in [0.15, 0.2) is 0 Å². The molecule has 4 nitrogen and oxygen atoms in total. The summed E-state index contributed by atoms with van der Waals surface area (Å²) in [5, 5.41) is 6.23. The number of rotatable bonds is 4. The number of aromatic nitrogens is 1. The average Bonchev–Trinajstić information content (AvgIpc) is 2.55. The van der Waals surface area contributed by atoms with Gasteiger partial charge in [-0.2, -0.15) is 0 Å². The van der Waals surface area contributed by atoms with E-state index in [4.69, 9.17) is 0 Å². The molecule has 1 amide bonds. The average molecular weight is 182 g/mol. The Morgan fingerprint density at radius 1 is 1.69 bits per heavy atom. The number of amides is 1. The zero-order chi connectivity index (χ0) is 9.68. The lowest BCUT2D eigenvalue weighted by Crippen LogP contribution is -2.24. The van der Waals surface area contributed by atoms with Crippen LogP contribution in [-0.2, 0) is 0 Å². The van der Waals surface area contributed by atoms with E-state index in [1.807, 2.05) is 0 Å². The highest BCUT2D eigenvalue weighted by atomic mass is 16.5. The lowest BCUT2D eigenvalue weighted by molar-refractivity contribution is 0.0951. The minimum Gasteiger partial charge on any atom is -0.364 e. The van der Waals surface area contributed by atoms with Gasteiger partial charge in [-0.3, -0.25) is 4.79 Å². The van der Waals surface area contributed by atoms with Gasteiger partial charge in [0.2, 0.25) is 0 Å². The first kappa shape index (κ1) is 9.77. The SMILES string of the molecule is CC(C)CCNC(=O)c1cnoc1. The maximum Gasteiger partial charge on any atom is 0.256 e. The van der Waals surface area contributed by atoms with Crippen molar-refractivity contribution in [1.29, 1.82) is 0 Å². The Kier molecular flexibility index (Phi) is 3.49. The van der Waals surface area contributed by atoms with E-state index in [0.717, 1.165) is 6.42 Å². The first-order chi connectivity index (χ1) is 6.20. The van der Waals surface area contributed by atoms with Crippen LogP contribution in [0, 0.1) is 5.92 Å². The van der Waals surface area contributed by atoms with Crippen LogP contribution in [0.2, 0.25) is 0 Å². The predicted molar refractivity (Wildman–Crippen MR) is 48.3 cm³/mol. The molecule has 0 saturated carbocycles. The quantitative estimate of drug-likeness (QED) is 0.766. The van der Waals surface area contributed by atoms with Crippen molar-refractivity contribution in [3.63, 3.8) is 0 Å². The lowest BCUT2D eigenvalue weighted by atomic mass is 10.1. The highest BCUT2D eigenvalue weighted by molar-refractivity contribution is 5.93. The number of hydrogen-bond acceptors (Lipinski definition) is 3. The Morgan fingerprint density at radius 3 is 3.00 bits per heavy atom. The molecule has 0 atom stereocenters. The molecular weight excluding hydrogens is 168 g/mol.